The maximum Gasteiger partial charge on any atom is 0.271 e. The van der Waals surface area contributed by atoms with Crippen molar-refractivity contribution in [2.24, 2.45) is 5.10 Å². The summed E-state index contributed by atoms with van der Waals surface area (Å²) in [5.41, 5.74) is 8.25. The second kappa shape index (κ2) is 9.13. The average Bonchev–Trinajstić information content (AvgIpc) is 3.25. The third kappa shape index (κ3) is 5.08. The molecule has 0 aliphatic carbocycles. The number of tetrazole rings is 1. The highest BCUT2D eigenvalue weighted by Crippen LogP contribution is 2.13. The van der Waals surface area contributed by atoms with E-state index in [0.29, 0.717) is 17.9 Å². The maximum absolute atomic E-state index is 12.3. The second-order valence-corrected chi connectivity index (χ2v) is 7.27. The van der Waals surface area contributed by atoms with Crippen molar-refractivity contribution in [3.63, 3.8) is 0 Å². The molecule has 0 spiro atoms. The zero-order valence-corrected chi connectivity index (χ0v) is 17.4. The number of carbonyl (C=O) groups is 1. The number of carbonyl (C=O) groups excluding carboxylic acids is 1. The third-order valence-electron chi connectivity index (χ3n) is 4.82. The van der Waals surface area contributed by atoms with Crippen LogP contribution in [0.4, 0.5) is 0 Å². The molecule has 4 rings (SSSR count). The van der Waals surface area contributed by atoms with Crippen molar-refractivity contribution in [3.8, 4) is 11.4 Å². The van der Waals surface area contributed by atoms with Crippen LogP contribution in [-0.2, 0) is 6.54 Å². The lowest BCUT2D eigenvalue weighted by atomic mass is 10.1. The Kier molecular flexibility index (Phi) is 5.93. The fourth-order valence-electron chi connectivity index (χ4n) is 3.13. The summed E-state index contributed by atoms with van der Waals surface area (Å²) in [4.78, 5) is 13.9. The van der Waals surface area contributed by atoms with Crippen LogP contribution in [0.5, 0.6) is 0 Å². The Bertz CT molecular complexity index is 1210. The first-order valence-electron chi connectivity index (χ1n) is 9.91. The van der Waals surface area contributed by atoms with E-state index in [1.54, 1.807) is 18.3 Å². The van der Waals surface area contributed by atoms with Gasteiger partial charge in [-0.3, -0.25) is 4.79 Å². The lowest BCUT2D eigenvalue weighted by molar-refractivity contribution is 0.0955. The van der Waals surface area contributed by atoms with Crippen LogP contribution < -0.4 is 5.43 Å². The Hall–Kier alpha value is -4.13. The molecule has 1 heterocycles. The zero-order valence-electron chi connectivity index (χ0n) is 17.4. The van der Waals surface area contributed by atoms with Crippen LogP contribution in [0.1, 0.15) is 32.6 Å². The average molecular weight is 410 g/mol. The van der Waals surface area contributed by atoms with Gasteiger partial charge in [-0.05, 0) is 47.9 Å². The Morgan fingerprint density at radius 2 is 1.81 bits per heavy atom. The summed E-state index contributed by atoms with van der Waals surface area (Å²) < 4.78 is 0. The van der Waals surface area contributed by atoms with Crippen LogP contribution in [-0.4, -0.2) is 32.3 Å². The second-order valence-electron chi connectivity index (χ2n) is 7.27. The predicted molar refractivity (Wildman–Crippen MR) is 120 cm³/mol. The predicted octanol–water partition coefficient (Wildman–Crippen LogP) is 3.77. The molecule has 3 aromatic carbocycles. The first kappa shape index (κ1) is 20.2. The normalized spacial score (nSPS) is 11.0. The number of rotatable bonds is 6. The monoisotopic (exact) mass is 410 g/mol. The van der Waals surface area contributed by atoms with Gasteiger partial charge in [-0.2, -0.15) is 9.90 Å². The molecule has 1 N–H and O–H groups in total. The molecular weight excluding hydrogens is 388 g/mol. The van der Waals surface area contributed by atoms with Crippen molar-refractivity contribution in [1.82, 2.24) is 25.6 Å². The SMILES string of the molecule is Cc1ccc(/C=N\NC(=O)c2ccc(Cn3nnc(-c4ccccc4)n3)cc2)c(C)c1. The molecule has 0 fully saturated rings. The molecule has 31 heavy (non-hydrogen) atoms. The van der Waals surface area contributed by atoms with Gasteiger partial charge in [-0.25, -0.2) is 5.43 Å². The summed E-state index contributed by atoms with van der Waals surface area (Å²) in [5, 5.41) is 16.7. The molecule has 7 heteroatoms. The Balaban J connectivity index is 1.36. The van der Waals surface area contributed by atoms with E-state index < -0.39 is 0 Å². The van der Waals surface area contributed by atoms with Crippen molar-refractivity contribution in [2.45, 2.75) is 20.4 Å². The number of nitrogens with zero attached hydrogens (tertiary/aromatic N) is 5. The zero-order chi connectivity index (χ0) is 21.6. The highest BCUT2D eigenvalue weighted by Gasteiger charge is 2.08. The molecule has 1 aromatic heterocycles. The molecule has 7 nitrogen and oxygen atoms in total. The molecule has 0 radical (unpaired) electrons. The van der Waals surface area contributed by atoms with Gasteiger partial charge in [0.05, 0.1) is 12.8 Å². The Labute approximate surface area is 180 Å². The van der Waals surface area contributed by atoms with Gasteiger partial charge in [-0.1, -0.05) is 66.2 Å². The molecular formula is C24H22N6O. The highest BCUT2D eigenvalue weighted by atomic mass is 16.2. The highest BCUT2D eigenvalue weighted by molar-refractivity contribution is 5.95. The minimum atomic E-state index is -0.266. The number of hydrogen-bond acceptors (Lipinski definition) is 5. The Morgan fingerprint density at radius 3 is 2.55 bits per heavy atom. The van der Waals surface area contributed by atoms with E-state index in [9.17, 15) is 4.79 Å². The summed E-state index contributed by atoms with van der Waals surface area (Å²) in [7, 11) is 0. The molecule has 0 atom stereocenters. The van der Waals surface area contributed by atoms with Crippen molar-refractivity contribution in [2.75, 3.05) is 0 Å². The molecule has 0 saturated carbocycles. The van der Waals surface area contributed by atoms with E-state index in [-0.39, 0.29) is 5.91 Å². The maximum atomic E-state index is 12.3. The van der Waals surface area contributed by atoms with Gasteiger partial charge in [0.1, 0.15) is 0 Å². The molecule has 0 unspecified atom stereocenters. The first-order valence-corrected chi connectivity index (χ1v) is 9.91. The molecule has 0 aliphatic heterocycles. The van der Waals surface area contributed by atoms with Gasteiger partial charge in [0.15, 0.2) is 0 Å². The topological polar surface area (TPSA) is 85.1 Å². The molecule has 0 bridgehead atoms. The Morgan fingerprint density at radius 1 is 1.03 bits per heavy atom. The van der Waals surface area contributed by atoms with Gasteiger partial charge < -0.3 is 0 Å². The number of benzene rings is 3. The van der Waals surface area contributed by atoms with Crippen molar-refractivity contribution < 1.29 is 4.79 Å². The van der Waals surface area contributed by atoms with Gasteiger partial charge in [-0.15, -0.1) is 10.2 Å². The number of aromatic nitrogens is 4. The van der Waals surface area contributed by atoms with Gasteiger partial charge in [0.25, 0.3) is 5.91 Å². The van der Waals surface area contributed by atoms with E-state index in [0.717, 1.165) is 22.3 Å². The van der Waals surface area contributed by atoms with E-state index >= 15 is 0 Å². The van der Waals surface area contributed by atoms with Gasteiger partial charge in [0, 0.05) is 11.1 Å². The van der Waals surface area contributed by atoms with Crippen LogP contribution in [0.25, 0.3) is 11.4 Å². The first-order chi connectivity index (χ1) is 15.1. The van der Waals surface area contributed by atoms with Crippen LogP contribution in [0, 0.1) is 13.8 Å². The summed E-state index contributed by atoms with van der Waals surface area (Å²) in [6.45, 7) is 4.52. The van der Waals surface area contributed by atoms with Crippen molar-refractivity contribution >= 4 is 12.1 Å². The summed E-state index contributed by atoms with van der Waals surface area (Å²) in [5.74, 6) is 0.316. The fourth-order valence-corrected chi connectivity index (χ4v) is 3.13. The minimum absolute atomic E-state index is 0.266. The molecule has 0 aliphatic rings. The lowest BCUT2D eigenvalue weighted by Gasteiger charge is -2.04. The van der Waals surface area contributed by atoms with Crippen LogP contribution >= 0.6 is 0 Å². The molecule has 1 amide bonds. The van der Waals surface area contributed by atoms with Crippen molar-refractivity contribution in [1.29, 1.82) is 0 Å². The standard InChI is InChI=1S/C24H22N6O/c1-17-8-11-22(18(2)14-17)15-25-27-24(31)21-12-9-19(10-13-21)16-30-28-23(26-29-30)20-6-4-3-5-7-20/h3-15H,16H2,1-2H3,(H,27,31)/b25-15-. The van der Waals surface area contributed by atoms with E-state index in [4.69, 9.17) is 0 Å². The largest absolute Gasteiger partial charge is 0.271 e. The lowest BCUT2D eigenvalue weighted by Crippen LogP contribution is -2.17. The summed E-state index contributed by atoms with van der Waals surface area (Å²) in [6.07, 6.45) is 1.65. The number of aryl methyl sites for hydroxylation is 2. The molecule has 4 aromatic rings. The quantitative estimate of drug-likeness (QED) is 0.387. The van der Waals surface area contributed by atoms with Crippen molar-refractivity contribution in [3.05, 3.63) is 101 Å². The van der Waals surface area contributed by atoms with Gasteiger partial charge >= 0.3 is 0 Å². The van der Waals surface area contributed by atoms with E-state index in [1.807, 2.05) is 68.4 Å². The molecule has 0 saturated heterocycles. The van der Waals surface area contributed by atoms with E-state index in [1.165, 1.54) is 10.4 Å². The van der Waals surface area contributed by atoms with Gasteiger partial charge in [0.2, 0.25) is 5.82 Å². The number of hydrogen-bond donors (Lipinski definition) is 1. The summed E-state index contributed by atoms with van der Waals surface area (Å²) >= 11 is 0. The summed E-state index contributed by atoms with van der Waals surface area (Å²) in [6, 6.07) is 23.0. The third-order valence-corrected chi connectivity index (χ3v) is 4.82. The number of amides is 1. The minimum Gasteiger partial charge on any atom is -0.267 e. The van der Waals surface area contributed by atoms with Crippen LogP contribution in [0.2, 0.25) is 0 Å². The number of hydrazone groups is 1. The van der Waals surface area contributed by atoms with E-state index in [2.05, 4.69) is 32.0 Å². The van der Waals surface area contributed by atoms with Crippen LogP contribution in [0.3, 0.4) is 0 Å². The number of nitrogens with one attached hydrogen (secondary N) is 1. The van der Waals surface area contributed by atoms with Crippen LogP contribution in [0.15, 0.2) is 77.9 Å². The molecule has 154 valence electrons. The smallest absolute Gasteiger partial charge is 0.267 e. The fraction of sp³-hybridized carbons (Fsp3) is 0.125.